The highest BCUT2D eigenvalue weighted by atomic mass is 35.5. The van der Waals surface area contributed by atoms with Gasteiger partial charge in [0.2, 0.25) is 5.91 Å². The molecule has 3 aromatic rings. The quantitative estimate of drug-likeness (QED) is 0.102. The van der Waals surface area contributed by atoms with Gasteiger partial charge < -0.3 is 33.4 Å². The molecule has 0 radical (unpaired) electrons. The standard InChI is InChI=1S/C37H40BCl2N3O8S/c1-47-26-9-5-23(6-10-26)20-49-29-14-13-28(30(39)33(29)50-21-24-7-11-27(48-2)12-8-24)34(44)41-15-18-43(16-3-4-17-43)19-25-22-52-36-31(40)35(45)42(36)32(25)37(46)51-38/h5-14,31,36H,3-4,15-22,38H2,1-2H3/p+1/t31?,36-/m1/s1. The maximum atomic E-state index is 13.7. The van der Waals surface area contributed by atoms with Crippen LogP contribution in [0.1, 0.15) is 34.3 Å². The number of alkyl halides is 1. The Balaban J connectivity index is 1.17. The van der Waals surface area contributed by atoms with E-state index in [-0.39, 0.29) is 46.7 Å². The Kier molecular flexibility index (Phi) is 12.1. The van der Waals surface area contributed by atoms with Crippen molar-refractivity contribution in [3.05, 3.63) is 93.6 Å². The molecule has 3 aliphatic rings. The van der Waals surface area contributed by atoms with Gasteiger partial charge in [0, 0.05) is 24.2 Å². The topological polar surface area (TPSA) is 113 Å². The Morgan fingerprint density at radius 3 is 2.15 bits per heavy atom. The second-order valence-corrected chi connectivity index (χ2v) is 14.9. The van der Waals surface area contributed by atoms with Crippen molar-refractivity contribution in [2.24, 2.45) is 0 Å². The minimum absolute atomic E-state index is 0.141. The second-order valence-electron chi connectivity index (χ2n) is 12.9. The first kappa shape index (κ1) is 37.7. The first-order chi connectivity index (χ1) is 25.2. The first-order valence-corrected chi connectivity index (χ1v) is 18.9. The summed E-state index contributed by atoms with van der Waals surface area (Å²) in [5.74, 6) is 1.56. The van der Waals surface area contributed by atoms with E-state index in [1.54, 1.807) is 38.1 Å². The van der Waals surface area contributed by atoms with Crippen LogP contribution in [0.15, 0.2) is 71.9 Å². The summed E-state index contributed by atoms with van der Waals surface area (Å²) in [7, 11) is 4.54. The summed E-state index contributed by atoms with van der Waals surface area (Å²) in [4.78, 5) is 40.7. The van der Waals surface area contributed by atoms with Gasteiger partial charge in [0.05, 0.1) is 51.0 Å². The van der Waals surface area contributed by atoms with Gasteiger partial charge in [-0.3, -0.25) is 14.5 Å². The summed E-state index contributed by atoms with van der Waals surface area (Å²) < 4.78 is 28.7. The number of methoxy groups -OCH3 is 2. The Hall–Kier alpha value is -4.04. The van der Waals surface area contributed by atoms with E-state index in [0.29, 0.717) is 41.3 Å². The lowest BCUT2D eigenvalue weighted by atomic mass is 10.1. The van der Waals surface area contributed by atoms with E-state index < -0.39 is 11.3 Å². The molecule has 274 valence electrons. The molecule has 52 heavy (non-hydrogen) atoms. The van der Waals surface area contributed by atoms with Gasteiger partial charge >= 0.3 is 14.0 Å². The molecule has 0 bridgehead atoms. The normalized spacial score (nSPS) is 19.0. The van der Waals surface area contributed by atoms with Gasteiger partial charge in [-0.1, -0.05) is 35.9 Å². The molecule has 1 N–H and O–H groups in total. The van der Waals surface area contributed by atoms with Crippen LogP contribution in [0.2, 0.25) is 5.02 Å². The highest BCUT2D eigenvalue weighted by molar-refractivity contribution is 8.00. The van der Waals surface area contributed by atoms with Crippen LogP contribution < -0.4 is 24.3 Å². The van der Waals surface area contributed by atoms with E-state index in [0.717, 1.165) is 54.1 Å². The minimum Gasteiger partial charge on any atom is -0.539 e. The van der Waals surface area contributed by atoms with Crippen molar-refractivity contribution in [2.45, 2.75) is 36.8 Å². The van der Waals surface area contributed by atoms with E-state index in [2.05, 4.69) is 5.32 Å². The molecule has 1 unspecified atom stereocenters. The van der Waals surface area contributed by atoms with Crippen molar-refractivity contribution in [1.82, 2.24) is 10.2 Å². The third-order valence-electron chi connectivity index (χ3n) is 9.68. The van der Waals surface area contributed by atoms with Crippen molar-refractivity contribution in [3.8, 4) is 23.0 Å². The molecule has 3 heterocycles. The van der Waals surface area contributed by atoms with Crippen LogP contribution in [0.3, 0.4) is 0 Å². The number of carbonyl (C=O) groups is 3. The molecule has 2 atom stereocenters. The maximum Gasteiger partial charge on any atom is 0.337 e. The summed E-state index contributed by atoms with van der Waals surface area (Å²) in [6.07, 6.45) is 2.05. The lowest BCUT2D eigenvalue weighted by Gasteiger charge is -2.48. The third kappa shape index (κ3) is 8.12. The fraction of sp³-hybridized carbons (Fsp3) is 0.378. The highest BCUT2D eigenvalue weighted by Crippen LogP contribution is 2.44. The maximum absolute atomic E-state index is 13.7. The molecule has 3 aliphatic heterocycles. The van der Waals surface area contributed by atoms with Crippen molar-refractivity contribution < 1.29 is 42.5 Å². The molecular formula is C37H41BCl2N3O8S+. The molecule has 11 nitrogen and oxygen atoms in total. The number of quaternary nitrogens is 1. The van der Waals surface area contributed by atoms with Crippen LogP contribution in [0, 0.1) is 0 Å². The molecule has 2 saturated heterocycles. The number of amides is 2. The Morgan fingerprint density at radius 2 is 1.56 bits per heavy atom. The number of halogens is 2. The van der Waals surface area contributed by atoms with Gasteiger partial charge in [0.15, 0.2) is 11.5 Å². The Labute approximate surface area is 318 Å². The number of thioether (sulfide) groups is 1. The van der Waals surface area contributed by atoms with Crippen molar-refractivity contribution in [3.63, 3.8) is 0 Å². The summed E-state index contributed by atoms with van der Waals surface area (Å²) in [5, 5.41) is 2.28. The molecule has 0 spiro atoms. The van der Waals surface area contributed by atoms with Crippen LogP contribution in [-0.4, -0.2) is 98.7 Å². The number of hydrogen-bond donors (Lipinski definition) is 1. The molecule has 2 fully saturated rings. The molecular weight excluding hydrogens is 728 g/mol. The van der Waals surface area contributed by atoms with E-state index >= 15 is 0 Å². The van der Waals surface area contributed by atoms with Crippen LogP contribution in [0.25, 0.3) is 0 Å². The molecule has 2 amide bonds. The number of rotatable bonds is 15. The molecule has 0 aliphatic carbocycles. The van der Waals surface area contributed by atoms with Gasteiger partial charge in [-0.05, 0) is 47.5 Å². The smallest absolute Gasteiger partial charge is 0.337 e. The van der Waals surface area contributed by atoms with Crippen LogP contribution >= 0.6 is 35.0 Å². The lowest BCUT2D eigenvalue weighted by Crippen LogP contribution is -2.63. The Morgan fingerprint density at radius 1 is 0.942 bits per heavy atom. The third-order valence-corrected chi connectivity index (χ3v) is 12.0. The van der Waals surface area contributed by atoms with Crippen molar-refractivity contribution in [1.29, 1.82) is 0 Å². The highest BCUT2D eigenvalue weighted by Gasteiger charge is 2.53. The van der Waals surface area contributed by atoms with Gasteiger partial charge in [0.25, 0.3) is 5.91 Å². The van der Waals surface area contributed by atoms with Crippen LogP contribution in [0.4, 0.5) is 0 Å². The number of fused-ring (bicyclic) bond motifs is 1. The zero-order valence-corrected chi connectivity index (χ0v) is 31.7. The average Bonchev–Trinajstić information content (AvgIpc) is 3.64. The van der Waals surface area contributed by atoms with Crippen molar-refractivity contribution >= 4 is 60.8 Å². The fourth-order valence-corrected chi connectivity index (χ4v) is 8.78. The second kappa shape index (κ2) is 16.8. The SMILES string of the molecule is BOC(=O)C1=C(C[N+]2(CCNC(=O)c3ccc(OCc4ccc(OC)cc4)c(OCc4ccc(OC)cc4)c3Cl)CCCC2)CS[C@@H]2C(Cl)C(=O)N12. The van der Waals surface area contributed by atoms with E-state index in [4.69, 9.17) is 46.8 Å². The molecule has 15 heteroatoms. The minimum atomic E-state index is -0.648. The number of nitrogens with zero attached hydrogens (tertiary/aromatic N) is 2. The zero-order chi connectivity index (χ0) is 36.8. The van der Waals surface area contributed by atoms with Crippen LogP contribution in [0.5, 0.6) is 23.0 Å². The molecule has 6 rings (SSSR count). The predicted octanol–water partition coefficient (Wildman–Crippen LogP) is 4.72. The van der Waals surface area contributed by atoms with Crippen LogP contribution in [-0.2, 0) is 27.5 Å². The van der Waals surface area contributed by atoms with Gasteiger partial charge in [-0.15, -0.1) is 23.4 Å². The molecule has 0 saturated carbocycles. The number of carbonyl (C=O) groups excluding carboxylic acids is 3. The Bertz CT molecular complexity index is 1820. The molecule has 0 aromatic heterocycles. The number of hydrogen-bond acceptors (Lipinski definition) is 9. The summed E-state index contributed by atoms with van der Waals surface area (Å²) in [5.41, 5.74) is 3.23. The van der Waals surface area contributed by atoms with Gasteiger partial charge in [0.1, 0.15) is 47.7 Å². The fourth-order valence-electron chi connectivity index (χ4n) is 6.81. The van der Waals surface area contributed by atoms with Gasteiger partial charge in [-0.25, -0.2) is 4.79 Å². The number of β-lactam (4-membered cyclic amide) rings is 1. The summed E-state index contributed by atoms with van der Waals surface area (Å²) in [6.45, 7) is 3.78. The van der Waals surface area contributed by atoms with E-state index in [9.17, 15) is 14.4 Å². The zero-order valence-electron chi connectivity index (χ0n) is 29.3. The number of benzene rings is 3. The monoisotopic (exact) mass is 768 g/mol. The average molecular weight is 770 g/mol. The lowest BCUT2D eigenvalue weighted by molar-refractivity contribution is -0.911. The first-order valence-electron chi connectivity index (χ1n) is 17.0. The number of ether oxygens (including phenoxy) is 4. The molecule has 3 aromatic carbocycles. The number of likely N-dealkylation sites (tertiary alicyclic amines) is 1. The summed E-state index contributed by atoms with van der Waals surface area (Å²) in [6, 6.07) is 18.3. The largest absolute Gasteiger partial charge is 0.539 e. The summed E-state index contributed by atoms with van der Waals surface area (Å²) >= 11 is 14.7. The van der Waals surface area contributed by atoms with Gasteiger partial charge in [-0.2, -0.15) is 0 Å². The number of nitrogens with one attached hydrogen (secondary N) is 1. The van der Waals surface area contributed by atoms with E-state index in [1.165, 1.54) is 12.9 Å². The van der Waals surface area contributed by atoms with Crippen molar-refractivity contribution in [2.75, 3.05) is 52.7 Å². The predicted molar refractivity (Wildman–Crippen MR) is 202 cm³/mol. The van der Waals surface area contributed by atoms with E-state index in [1.807, 2.05) is 48.5 Å².